The highest BCUT2D eigenvalue weighted by atomic mass is 19.1. The van der Waals surface area contributed by atoms with E-state index in [1.54, 1.807) is 23.1 Å². The first-order valence-electron chi connectivity index (χ1n) is 8.42. The zero-order valence-corrected chi connectivity index (χ0v) is 13.9. The lowest BCUT2D eigenvalue weighted by Gasteiger charge is -2.16. The van der Waals surface area contributed by atoms with E-state index in [2.05, 4.69) is 15.3 Å². The molecule has 1 fully saturated rings. The van der Waals surface area contributed by atoms with Crippen molar-refractivity contribution in [3.8, 4) is 0 Å². The molecule has 1 aromatic carbocycles. The third kappa shape index (κ3) is 4.00. The van der Waals surface area contributed by atoms with Gasteiger partial charge in [-0.05, 0) is 31.9 Å². The maximum absolute atomic E-state index is 13.7. The molecule has 1 saturated heterocycles. The van der Waals surface area contributed by atoms with Crippen molar-refractivity contribution in [1.82, 2.24) is 20.0 Å². The van der Waals surface area contributed by atoms with Gasteiger partial charge in [0.2, 0.25) is 0 Å². The van der Waals surface area contributed by atoms with Crippen molar-refractivity contribution >= 4 is 5.91 Å². The van der Waals surface area contributed by atoms with E-state index in [0.717, 1.165) is 31.6 Å². The fourth-order valence-corrected chi connectivity index (χ4v) is 3.08. The highest BCUT2D eigenvalue weighted by molar-refractivity contribution is 5.93. The number of hydrogen-bond acceptors (Lipinski definition) is 3. The van der Waals surface area contributed by atoms with Gasteiger partial charge in [-0.1, -0.05) is 18.2 Å². The maximum Gasteiger partial charge on any atom is 0.254 e. The van der Waals surface area contributed by atoms with Crippen LogP contribution in [0.25, 0.3) is 0 Å². The third-order valence-corrected chi connectivity index (χ3v) is 4.49. The third-order valence-electron chi connectivity index (χ3n) is 4.49. The summed E-state index contributed by atoms with van der Waals surface area (Å²) in [6, 6.07) is 6.90. The molecule has 0 spiro atoms. The van der Waals surface area contributed by atoms with Crippen LogP contribution in [0.2, 0.25) is 0 Å². The Morgan fingerprint density at radius 1 is 1.42 bits per heavy atom. The van der Waals surface area contributed by atoms with Crippen LogP contribution in [-0.2, 0) is 13.1 Å². The van der Waals surface area contributed by atoms with E-state index in [1.165, 1.54) is 6.07 Å². The molecule has 1 aliphatic heterocycles. The van der Waals surface area contributed by atoms with Gasteiger partial charge in [0, 0.05) is 37.9 Å². The van der Waals surface area contributed by atoms with Crippen molar-refractivity contribution < 1.29 is 9.18 Å². The molecule has 5 nitrogen and oxygen atoms in total. The number of aryl methyl sites for hydroxylation is 1. The summed E-state index contributed by atoms with van der Waals surface area (Å²) in [5.74, 6) is 0.173. The van der Waals surface area contributed by atoms with Crippen molar-refractivity contribution in [1.29, 1.82) is 0 Å². The molecule has 24 heavy (non-hydrogen) atoms. The summed E-state index contributed by atoms with van der Waals surface area (Å²) >= 11 is 0. The molecule has 0 saturated carbocycles. The number of aromatic nitrogens is 2. The number of halogens is 1. The van der Waals surface area contributed by atoms with E-state index in [4.69, 9.17) is 0 Å². The van der Waals surface area contributed by atoms with Crippen molar-refractivity contribution in [2.24, 2.45) is 5.92 Å². The second kappa shape index (κ2) is 7.57. The SMILES string of the molecule is CCn1cc(C(=O)NC[C@H]2CCN(Cc3ccccc3F)C2)cn1. The van der Waals surface area contributed by atoms with Crippen LogP contribution < -0.4 is 5.32 Å². The average Bonchev–Trinajstić information content (AvgIpc) is 3.24. The summed E-state index contributed by atoms with van der Waals surface area (Å²) < 4.78 is 15.5. The summed E-state index contributed by atoms with van der Waals surface area (Å²) in [6.45, 7) is 5.81. The predicted octanol–water partition coefficient (Wildman–Crippen LogP) is 2.29. The Kier molecular flexibility index (Phi) is 5.25. The minimum absolute atomic E-state index is 0.0812. The summed E-state index contributed by atoms with van der Waals surface area (Å²) in [4.78, 5) is 14.4. The highest BCUT2D eigenvalue weighted by Crippen LogP contribution is 2.19. The van der Waals surface area contributed by atoms with Crippen LogP contribution in [0.4, 0.5) is 4.39 Å². The normalized spacial score (nSPS) is 18.0. The molecule has 0 unspecified atom stereocenters. The Labute approximate surface area is 141 Å². The first-order chi connectivity index (χ1) is 11.7. The second-order valence-electron chi connectivity index (χ2n) is 6.28. The van der Waals surface area contributed by atoms with Gasteiger partial charge in [-0.25, -0.2) is 4.39 Å². The van der Waals surface area contributed by atoms with Crippen LogP contribution in [0.1, 0.15) is 29.3 Å². The largest absolute Gasteiger partial charge is 0.352 e. The molecule has 1 N–H and O–H groups in total. The fraction of sp³-hybridized carbons (Fsp3) is 0.444. The van der Waals surface area contributed by atoms with Crippen LogP contribution in [0, 0.1) is 11.7 Å². The fourth-order valence-electron chi connectivity index (χ4n) is 3.08. The Morgan fingerprint density at radius 2 is 2.25 bits per heavy atom. The number of amides is 1. The molecule has 2 heterocycles. The maximum atomic E-state index is 13.7. The summed E-state index contributed by atoms with van der Waals surface area (Å²) in [7, 11) is 0. The van der Waals surface area contributed by atoms with Crippen LogP contribution in [0.3, 0.4) is 0 Å². The number of benzene rings is 1. The van der Waals surface area contributed by atoms with Gasteiger partial charge in [0.1, 0.15) is 5.82 Å². The lowest BCUT2D eigenvalue weighted by Crippen LogP contribution is -2.30. The first-order valence-corrected chi connectivity index (χ1v) is 8.42. The van der Waals surface area contributed by atoms with Crippen LogP contribution in [0.5, 0.6) is 0 Å². The van der Waals surface area contributed by atoms with Crippen LogP contribution >= 0.6 is 0 Å². The molecule has 1 amide bonds. The van der Waals surface area contributed by atoms with Crippen molar-refractivity contribution in [2.45, 2.75) is 26.4 Å². The smallest absolute Gasteiger partial charge is 0.254 e. The number of carbonyl (C=O) groups is 1. The Hall–Kier alpha value is -2.21. The molecule has 128 valence electrons. The van der Waals surface area contributed by atoms with Gasteiger partial charge in [0.05, 0.1) is 11.8 Å². The van der Waals surface area contributed by atoms with E-state index in [1.807, 2.05) is 19.1 Å². The topological polar surface area (TPSA) is 50.2 Å². The molecule has 0 bridgehead atoms. The van der Waals surface area contributed by atoms with Crippen LogP contribution in [-0.4, -0.2) is 40.2 Å². The molecule has 2 aromatic rings. The molecule has 0 radical (unpaired) electrons. The zero-order valence-electron chi connectivity index (χ0n) is 13.9. The van der Waals surface area contributed by atoms with Gasteiger partial charge in [-0.2, -0.15) is 5.10 Å². The van der Waals surface area contributed by atoms with E-state index >= 15 is 0 Å². The Bertz CT molecular complexity index is 700. The molecule has 3 rings (SSSR count). The summed E-state index contributed by atoms with van der Waals surface area (Å²) in [5, 5.41) is 7.10. The monoisotopic (exact) mass is 330 g/mol. The minimum Gasteiger partial charge on any atom is -0.352 e. The number of nitrogens with zero attached hydrogens (tertiary/aromatic N) is 3. The number of rotatable bonds is 6. The summed E-state index contributed by atoms with van der Waals surface area (Å²) in [6.07, 6.45) is 4.37. The molecule has 1 aliphatic rings. The van der Waals surface area contributed by atoms with Gasteiger partial charge in [-0.15, -0.1) is 0 Å². The zero-order chi connectivity index (χ0) is 16.9. The molecular weight excluding hydrogens is 307 g/mol. The number of hydrogen-bond donors (Lipinski definition) is 1. The second-order valence-corrected chi connectivity index (χ2v) is 6.28. The lowest BCUT2D eigenvalue weighted by molar-refractivity contribution is 0.0947. The Balaban J connectivity index is 1.46. The van der Waals surface area contributed by atoms with Crippen molar-refractivity contribution in [2.75, 3.05) is 19.6 Å². The molecule has 6 heteroatoms. The van der Waals surface area contributed by atoms with Gasteiger partial charge >= 0.3 is 0 Å². The van der Waals surface area contributed by atoms with Crippen molar-refractivity contribution in [3.63, 3.8) is 0 Å². The Morgan fingerprint density at radius 3 is 3.00 bits per heavy atom. The van der Waals surface area contributed by atoms with E-state index in [-0.39, 0.29) is 11.7 Å². The molecule has 1 aromatic heterocycles. The van der Waals surface area contributed by atoms with Gasteiger partial charge in [0.25, 0.3) is 5.91 Å². The van der Waals surface area contributed by atoms with Gasteiger partial charge < -0.3 is 5.32 Å². The number of nitrogens with one attached hydrogen (secondary N) is 1. The van der Waals surface area contributed by atoms with Gasteiger partial charge in [-0.3, -0.25) is 14.4 Å². The van der Waals surface area contributed by atoms with E-state index in [9.17, 15) is 9.18 Å². The highest BCUT2D eigenvalue weighted by Gasteiger charge is 2.23. The molecular formula is C18H23FN4O. The lowest BCUT2D eigenvalue weighted by atomic mass is 10.1. The quantitative estimate of drug-likeness (QED) is 0.884. The van der Waals surface area contributed by atoms with Crippen LogP contribution in [0.15, 0.2) is 36.7 Å². The minimum atomic E-state index is -0.151. The predicted molar refractivity (Wildman–Crippen MR) is 90.0 cm³/mol. The van der Waals surface area contributed by atoms with Crippen molar-refractivity contribution in [3.05, 3.63) is 53.6 Å². The molecule has 0 aliphatic carbocycles. The standard InChI is InChI=1S/C18H23FN4O/c1-2-23-13-16(10-21-23)18(24)20-9-14-7-8-22(11-14)12-15-5-3-4-6-17(15)19/h3-6,10,13-14H,2,7-9,11-12H2,1H3,(H,20,24)/t14-/m1/s1. The van der Waals surface area contributed by atoms with E-state index in [0.29, 0.717) is 24.6 Å². The number of likely N-dealkylation sites (tertiary alicyclic amines) is 1. The first kappa shape index (κ1) is 16.6. The number of carbonyl (C=O) groups excluding carboxylic acids is 1. The van der Waals surface area contributed by atoms with Gasteiger partial charge in [0.15, 0.2) is 0 Å². The summed E-state index contributed by atoms with van der Waals surface area (Å²) in [5.41, 5.74) is 1.33. The molecule has 1 atom stereocenters. The average molecular weight is 330 g/mol. The van der Waals surface area contributed by atoms with E-state index < -0.39 is 0 Å².